The highest BCUT2D eigenvalue weighted by Gasteiger charge is 2.21. The molecule has 0 amide bonds. The maximum Gasteiger partial charge on any atom is 0.419 e. The molecule has 180 valence electrons. The molecule has 0 radical (unpaired) electrons. The number of aliphatic imine (C=N–C) groups is 2. The van der Waals surface area contributed by atoms with Crippen LogP contribution in [0.5, 0.6) is 0 Å². The van der Waals surface area contributed by atoms with E-state index in [4.69, 9.17) is 9.41 Å². The van der Waals surface area contributed by atoms with E-state index in [0.29, 0.717) is 47.7 Å². The van der Waals surface area contributed by atoms with Gasteiger partial charge in [0.15, 0.2) is 11.4 Å². The molecular weight excluding hydrogens is 458 g/mol. The summed E-state index contributed by atoms with van der Waals surface area (Å²) in [5.41, 5.74) is 4.74. The van der Waals surface area contributed by atoms with Crippen LogP contribution in [0.15, 0.2) is 73.1 Å². The number of hydrogen-bond donors (Lipinski definition) is 0. The molecule has 0 bridgehead atoms. The zero-order valence-corrected chi connectivity index (χ0v) is 19.9. The van der Waals surface area contributed by atoms with Crippen LogP contribution in [0.2, 0.25) is 0 Å². The predicted octanol–water partition coefficient (Wildman–Crippen LogP) is 3.12. The predicted molar refractivity (Wildman–Crippen MR) is 136 cm³/mol. The van der Waals surface area contributed by atoms with Crippen LogP contribution in [0, 0.1) is 11.3 Å². The Morgan fingerprint density at radius 1 is 1.28 bits per heavy atom. The number of nitriles is 1. The second-order valence-electron chi connectivity index (χ2n) is 8.70. The fourth-order valence-corrected chi connectivity index (χ4v) is 4.44. The number of aromatic nitrogens is 3. The summed E-state index contributed by atoms with van der Waals surface area (Å²) in [5, 5.41) is 14.5. The Morgan fingerprint density at radius 3 is 2.86 bits per heavy atom. The maximum atomic E-state index is 13.0. The lowest BCUT2D eigenvalue weighted by Gasteiger charge is -2.27. The lowest BCUT2D eigenvalue weighted by molar-refractivity contribution is 0.0934. The first-order chi connectivity index (χ1) is 17.4. The van der Waals surface area contributed by atoms with Gasteiger partial charge in [0, 0.05) is 43.2 Å². The lowest BCUT2D eigenvalue weighted by atomic mass is 10.1. The van der Waals surface area contributed by atoms with Crippen LogP contribution in [0.3, 0.4) is 0 Å². The first-order valence-corrected chi connectivity index (χ1v) is 11.4. The van der Waals surface area contributed by atoms with E-state index in [-0.39, 0.29) is 12.3 Å². The summed E-state index contributed by atoms with van der Waals surface area (Å²) in [7, 11) is 1.62. The lowest BCUT2D eigenvalue weighted by Crippen LogP contribution is -2.35. The van der Waals surface area contributed by atoms with Crippen LogP contribution in [0.25, 0.3) is 22.0 Å². The molecule has 3 heterocycles. The van der Waals surface area contributed by atoms with E-state index in [2.05, 4.69) is 27.8 Å². The summed E-state index contributed by atoms with van der Waals surface area (Å²) in [5.74, 6) is -0.158. The number of carbonyl (C=O) groups excluding carboxylic acids is 1. The third kappa shape index (κ3) is 4.06. The molecule has 0 saturated carbocycles. The van der Waals surface area contributed by atoms with Crippen LogP contribution >= 0.6 is 0 Å². The SMILES string of the molecule is C=N/C(=N\C1=C(C)CN(CC(=O)c2ccc3oc(=O)n(C)c3c2)CC1)n1ncc2c(C#N)cccc21. The standard InChI is InChI=1S/C26H23N7O3/c1-16-14-32(15-23(34)17-7-8-24-22(11-17)31(3)26(35)36-24)10-9-20(16)30-25(28-2)33-21-6-4-5-18(12-27)19(21)13-29-33/h4-8,11,13H,2,9-10,14-15H2,1,3H3/b30-25+. The Hall–Kier alpha value is -4.62. The van der Waals surface area contributed by atoms with Gasteiger partial charge >= 0.3 is 5.76 Å². The fourth-order valence-electron chi connectivity index (χ4n) is 4.44. The average molecular weight is 482 g/mol. The van der Waals surface area contributed by atoms with Crippen molar-refractivity contribution >= 4 is 40.5 Å². The second kappa shape index (κ2) is 9.20. The third-order valence-corrected chi connectivity index (χ3v) is 6.40. The number of nitrogens with zero attached hydrogens (tertiary/aromatic N) is 7. The number of Topliss-reactive ketones (excluding diaryl/α,β-unsaturated/α-hetero) is 1. The Balaban J connectivity index is 1.35. The molecule has 1 aliphatic heterocycles. The van der Waals surface area contributed by atoms with Crippen molar-refractivity contribution in [1.82, 2.24) is 19.2 Å². The zero-order valence-electron chi connectivity index (χ0n) is 19.9. The average Bonchev–Trinajstić information content (AvgIpc) is 3.44. The van der Waals surface area contributed by atoms with E-state index < -0.39 is 5.76 Å². The molecule has 2 aromatic heterocycles. The van der Waals surface area contributed by atoms with Crippen molar-refractivity contribution in [2.75, 3.05) is 19.6 Å². The minimum Gasteiger partial charge on any atom is -0.408 e. The molecule has 2 aromatic carbocycles. The number of oxazole rings is 1. The van der Waals surface area contributed by atoms with Crippen LogP contribution in [0.1, 0.15) is 29.3 Å². The molecule has 0 fully saturated rings. The Labute approximate surface area is 206 Å². The summed E-state index contributed by atoms with van der Waals surface area (Å²) in [6.45, 7) is 7.13. The molecule has 10 nitrogen and oxygen atoms in total. The van der Waals surface area contributed by atoms with E-state index in [1.807, 2.05) is 13.0 Å². The number of aryl methyl sites for hydroxylation is 1. The van der Waals surface area contributed by atoms with Crippen molar-refractivity contribution in [2.24, 2.45) is 17.0 Å². The van der Waals surface area contributed by atoms with Crippen molar-refractivity contribution in [3.63, 3.8) is 0 Å². The number of fused-ring (bicyclic) bond motifs is 2. The van der Waals surface area contributed by atoms with Gasteiger partial charge in [-0.3, -0.25) is 14.3 Å². The topological polar surface area (TPSA) is 122 Å². The number of hydrogen-bond acceptors (Lipinski definition) is 7. The largest absolute Gasteiger partial charge is 0.419 e. The van der Waals surface area contributed by atoms with Gasteiger partial charge in [-0.1, -0.05) is 6.07 Å². The summed E-state index contributed by atoms with van der Waals surface area (Å²) >= 11 is 0. The van der Waals surface area contributed by atoms with Gasteiger partial charge in [-0.15, -0.1) is 0 Å². The van der Waals surface area contributed by atoms with Crippen LogP contribution in [-0.4, -0.2) is 57.3 Å². The molecule has 1 aliphatic rings. The number of benzene rings is 2. The minimum atomic E-state index is -0.457. The normalized spacial score (nSPS) is 15.0. The maximum absolute atomic E-state index is 13.0. The number of ketones is 1. The van der Waals surface area contributed by atoms with Gasteiger partial charge < -0.3 is 4.42 Å². The first kappa shape index (κ1) is 23.1. The number of rotatable bonds is 4. The summed E-state index contributed by atoms with van der Waals surface area (Å²) < 4.78 is 8.12. The Morgan fingerprint density at radius 2 is 2.11 bits per heavy atom. The van der Waals surface area contributed by atoms with Crippen molar-refractivity contribution in [3.8, 4) is 6.07 Å². The number of carbonyl (C=O) groups is 1. The molecule has 10 heteroatoms. The van der Waals surface area contributed by atoms with Crippen molar-refractivity contribution in [1.29, 1.82) is 5.26 Å². The monoisotopic (exact) mass is 481 g/mol. The van der Waals surface area contributed by atoms with Crippen LogP contribution in [0.4, 0.5) is 0 Å². The molecule has 4 aromatic rings. The zero-order chi connectivity index (χ0) is 25.4. The fraction of sp³-hybridized carbons (Fsp3) is 0.231. The molecular formula is C26H23N7O3. The Bertz CT molecular complexity index is 1690. The molecule has 0 N–H and O–H groups in total. The van der Waals surface area contributed by atoms with E-state index >= 15 is 0 Å². The highest BCUT2D eigenvalue weighted by atomic mass is 16.4. The summed E-state index contributed by atoms with van der Waals surface area (Å²) in [6.07, 6.45) is 2.26. The van der Waals surface area contributed by atoms with E-state index in [9.17, 15) is 14.9 Å². The third-order valence-electron chi connectivity index (χ3n) is 6.40. The van der Waals surface area contributed by atoms with E-state index in [1.165, 1.54) is 4.57 Å². The smallest absolute Gasteiger partial charge is 0.408 e. The first-order valence-electron chi connectivity index (χ1n) is 11.4. The van der Waals surface area contributed by atoms with Crippen molar-refractivity contribution in [3.05, 3.63) is 75.5 Å². The van der Waals surface area contributed by atoms with Crippen molar-refractivity contribution < 1.29 is 9.21 Å². The molecule has 0 unspecified atom stereocenters. The minimum absolute atomic E-state index is 0.0324. The molecule has 0 aliphatic carbocycles. The van der Waals surface area contributed by atoms with Gasteiger partial charge in [-0.05, 0) is 49.5 Å². The van der Waals surface area contributed by atoms with Crippen molar-refractivity contribution in [2.45, 2.75) is 13.3 Å². The van der Waals surface area contributed by atoms with Gasteiger partial charge in [-0.25, -0.2) is 14.8 Å². The highest BCUT2D eigenvalue weighted by molar-refractivity contribution is 6.00. The van der Waals surface area contributed by atoms with Crippen LogP contribution in [-0.2, 0) is 7.05 Å². The van der Waals surface area contributed by atoms with Gasteiger partial charge in [0.2, 0.25) is 0 Å². The highest BCUT2D eigenvalue weighted by Crippen LogP contribution is 2.22. The second-order valence-corrected chi connectivity index (χ2v) is 8.70. The molecule has 0 atom stereocenters. The summed E-state index contributed by atoms with van der Waals surface area (Å²) in [6, 6.07) is 12.6. The summed E-state index contributed by atoms with van der Waals surface area (Å²) in [4.78, 5) is 35.6. The van der Waals surface area contributed by atoms with Gasteiger partial charge in [0.25, 0.3) is 5.96 Å². The molecule has 0 saturated heterocycles. The Kier molecular flexibility index (Phi) is 5.91. The van der Waals surface area contributed by atoms with Crippen LogP contribution < -0.4 is 5.76 Å². The quantitative estimate of drug-likeness (QED) is 0.251. The van der Waals surface area contributed by atoms with Gasteiger partial charge in [0.1, 0.15) is 0 Å². The molecule has 5 rings (SSSR count). The molecule has 0 spiro atoms. The van der Waals surface area contributed by atoms with E-state index in [1.54, 1.807) is 48.3 Å². The van der Waals surface area contributed by atoms with E-state index in [0.717, 1.165) is 22.2 Å². The molecule has 36 heavy (non-hydrogen) atoms. The van der Waals surface area contributed by atoms with Gasteiger partial charge in [0.05, 0.1) is 35.4 Å². The van der Waals surface area contributed by atoms with Gasteiger partial charge in [-0.2, -0.15) is 15.0 Å².